The Labute approximate surface area is 150 Å². The second kappa shape index (κ2) is 6.26. The molecule has 0 aliphatic carbocycles. The molecule has 25 heavy (non-hydrogen) atoms. The number of nitriles is 1. The number of allylic oxidation sites excluding steroid dienone is 1. The van der Waals surface area contributed by atoms with E-state index in [0.29, 0.717) is 5.57 Å². The number of aromatic nitrogens is 1. The molecule has 0 N–H and O–H groups in total. The molecule has 2 aromatic carbocycles. The van der Waals surface area contributed by atoms with Crippen LogP contribution in [-0.4, -0.2) is 4.57 Å². The molecule has 1 heterocycles. The van der Waals surface area contributed by atoms with Crippen LogP contribution in [0.5, 0.6) is 0 Å². The number of benzene rings is 2. The Hall–Kier alpha value is -2.79. The maximum absolute atomic E-state index is 9.71. The molecule has 0 atom stereocenters. The van der Waals surface area contributed by atoms with Crippen LogP contribution in [0.25, 0.3) is 22.4 Å². The number of aryl methyl sites for hydroxylation is 1. The summed E-state index contributed by atoms with van der Waals surface area (Å²) >= 11 is 0. The zero-order chi connectivity index (χ0) is 18.2. The van der Waals surface area contributed by atoms with Gasteiger partial charge in [0.05, 0.1) is 11.6 Å². The van der Waals surface area contributed by atoms with Gasteiger partial charge in [-0.3, -0.25) is 0 Å². The molecule has 0 saturated heterocycles. The fraction of sp³-hybridized carbons (Fsp3) is 0.261. The highest BCUT2D eigenvalue weighted by Crippen LogP contribution is 2.28. The summed E-state index contributed by atoms with van der Waals surface area (Å²) in [6, 6.07) is 19.0. The summed E-state index contributed by atoms with van der Waals surface area (Å²) < 4.78 is 2.33. The van der Waals surface area contributed by atoms with E-state index in [1.54, 1.807) is 0 Å². The van der Waals surface area contributed by atoms with Crippen molar-refractivity contribution in [3.8, 4) is 6.07 Å². The molecule has 126 valence electrons. The molecule has 0 fully saturated rings. The molecule has 0 amide bonds. The number of nitrogens with zero attached hydrogens (tertiary/aromatic N) is 2. The summed E-state index contributed by atoms with van der Waals surface area (Å²) in [5.41, 5.74) is 5.19. The van der Waals surface area contributed by atoms with Gasteiger partial charge in [-0.2, -0.15) is 5.26 Å². The van der Waals surface area contributed by atoms with Crippen LogP contribution in [0.2, 0.25) is 0 Å². The lowest BCUT2D eigenvalue weighted by atomic mass is 10.00. The highest BCUT2D eigenvalue weighted by atomic mass is 15.1. The van der Waals surface area contributed by atoms with E-state index >= 15 is 0 Å². The van der Waals surface area contributed by atoms with Crippen LogP contribution in [0.3, 0.4) is 0 Å². The van der Waals surface area contributed by atoms with Crippen molar-refractivity contribution in [3.05, 3.63) is 71.0 Å². The van der Waals surface area contributed by atoms with Crippen LogP contribution in [0.4, 0.5) is 0 Å². The molecule has 0 radical (unpaired) electrons. The van der Waals surface area contributed by atoms with Gasteiger partial charge in [0.1, 0.15) is 0 Å². The van der Waals surface area contributed by atoms with Crippen molar-refractivity contribution < 1.29 is 0 Å². The molecule has 0 spiro atoms. The van der Waals surface area contributed by atoms with Crippen LogP contribution in [0.15, 0.2) is 48.5 Å². The summed E-state index contributed by atoms with van der Waals surface area (Å²) in [5, 5.41) is 12.1. The van der Waals surface area contributed by atoms with Gasteiger partial charge in [0.15, 0.2) is 0 Å². The number of hydrogen-bond donors (Lipinski definition) is 0. The molecular formula is C23H24N2. The van der Waals surface area contributed by atoms with Crippen LogP contribution in [0, 0.1) is 25.2 Å². The van der Waals surface area contributed by atoms with Crippen molar-refractivity contribution in [1.82, 2.24) is 4.57 Å². The van der Waals surface area contributed by atoms with Crippen molar-refractivity contribution in [2.24, 2.45) is 0 Å². The standard InChI is InChI=1S/C23H24N2/c1-16-12-21(17(2)25(16)23(3,4)5)14-22(15-24)20-11-10-18-8-6-7-9-19(18)13-20/h6-14H,1-5H3/b22-14-. The van der Waals surface area contributed by atoms with Gasteiger partial charge in [0.2, 0.25) is 0 Å². The average molecular weight is 328 g/mol. The number of fused-ring (bicyclic) bond motifs is 1. The van der Waals surface area contributed by atoms with E-state index in [4.69, 9.17) is 0 Å². The minimum absolute atomic E-state index is 0.0238. The van der Waals surface area contributed by atoms with Gasteiger partial charge in [-0.25, -0.2) is 0 Å². The van der Waals surface area contributed by atoms with E-state index in [0.717, 1.165) is 16.5 Å². The molecule has 2 heteroatoms. The molecule has 0 unspecified atom stereocenters. The van der Waals surface area contributed by atoms with Crippen molar-refractivity contribution in [3.63, 3.8) is 0 Å². The van der Waals surface area contributed by atoms with Gasteiger partial charge in [-0.05, 0) is 74.7 Å². The molecule has 0 aliphatic heterocycles. The fourth-order valence-corrected chi connectivity index (χ4v) is 3.66. The van der Waals surface area contributed by atoms with Crippen LogP contribution >= 0.6 is 0 Å². The van der Waals surface area contributed by atoms with Crippen molar-refractivity contribution in [2.45, 2.75) is 40.2 Å². The first-order valence-electron chi connectivity index (χ1n) is 8.61. The predicted molar refractivity (Wildman–Crippen MR) is 106 cm³/mol. The fourth-order valence-electron chi connectivity index (χ4n) is 3.66. The third-order valence-electron chi connectivity index (χ3n) is 4.62. The monoisotopic (exact) mass is 328 g/mol. The smallest absolute Gasteiger partial charge is 0.0998 e. The Morgan fingerprint density at radius 2 is 1.68 bits per heavy atom. The number of hydrogen-bond acceptors (Lipinski definition) is 1. The van der Waals surface area contributed by atoms with Gasteiger partial charge in [0.25, 0.3) is 0 Å². The molecule has 3 rings (SSSR count). The van der Waals surface area contributed by atoms with Crippen LogP contribution in [-0.2, 0) is 5.54 Å². The van der Waals surface area contributed by atoms with Crippen molar-refractivity contribution in [1.29, 1.82) is 5.26 Å². The maximum Gasteiger partial charge on any atom is 0.0998 e. The van der Waals surface area contributed by atoms with Gasteiger partial charge in [0, 0.05) is 16.9 Å². The highest BCUT2D eigenvalue weighted by molar-refractivity contribution is 5.94. The maximum atomic E-state index is 9.71. The van der Waals surface area contributed by atoms with Crippen molar-refractivity contribution >= 4 is 22.4 Å². The first kappa shape index (κ1) is 17.0. The van der Waals surface area contributed by atoms with Gasteiger partial charge >= 0.3 is 0 Å². The largest absolute Gasteiger partial charge is 0.343 e. The normalized spacial score (nSPS) is 12.4. The summed E-state index contributed by atoms with van der Waals surface area (Å²) in [6.45, 7) is 10.9. The molecule has 0 aliphatic rings. The zero-order valence-corrected chi connectivity index (χ0v) is 15.6. The summed E-state index contributed by atoms with van der Waals surface area (Å²) in [4.78, 5) is 0. The first-order valence-corrected chi connectivity index (χ1v) is 8.61. The lowest BCUT2D eigenvalue weighted by Gasteiger charge is -2.25. The first-order chi connectivity index (χ1) is 11.8. The average Bonchev–Trinajstić information content (AvgIpc) is 2.85. The van der Waals surface area contributed by atoms with E-state index in [1.807, 2.05) is 24.3 Å². The lowest BCUT2D eigenvalue weighted by Crippen LogP contribution is -2.24. The quantitative estimate of drug-likeness (QED) is 0.524. The Morgan fingerprint density at radius 1 is 1.00 bits per heavy atom. The third kappa shape index (κ3) is 3.23. The van der Waals surface area contributed by atoms with E-state index in [2.05, 4.69) is 75.6 Å². The topological polar surface area (TPSA) is 28.7 Å². The second-order valence-electron chi connectivity index (χ2n) is 7.56. The molecule has 1 aromatic heterocycles. The Bertz CT molecular complexity index is 1000. The van der Waals surface area contributed by atoms with Crippen molar-refractivity contribution in [2.75, 3.05) is 0 Å². The molecule has 0 saturated carbocycles. The highest BCUT2D eigenvalue weighted by Gasteiger charge is 2.19. The minimum atomic E-state index is 0.0238. The van der Waals surface area contributed by atoms with Crippen LogP contribution in [0.1, 0.15) is 43.3 Å². The van der Waals surface area contributed by atoms with Gasteiger partial charge in [-0.1, -0.05) is 36.4 Å². The molecule has 2 nitrogen and oxygen atoms in total. The Kier molecular flexibility index (Phi) is 4.27. The van der Waals surface area contributed by atoms with E-state index in [9.17, 15) is 5.26 Å². The predicted octanol–water partition coefficient (Wildman–Crippen LogP) is 6.08. The molecule has 0 bridgehead atoms. The van der Waals surface area contributed by atoms with E-state index in [1.165, 1.54) is 16.8 Å². The SMILES string of the molecule is Cc1cc(/C=C(/C#N)c2ccc3ccccc3c2)c(C)n1C(C)(C)C. The van der Waals surface area contributed by atoms with E-state index in [-0.39, 0.29) is 5.54 Å². The molecular weight excluding hydrogens is 304 g/mol. The third-order valence-corrected chi connectivity index (χ3v) is 4.62. The summed E-state index contributed by atoms with van der Waals surface area (Å²) in [5.74, 6) is 0. The van der Waals surface area contributed by atoms with E-state index < -0.39 is 0 Å². The van der Waals surface area contributed by atoms with Gasteiger partial charge in [-0.15, -0.1) is 0 Å². The summed E-state index contributed by atoms with van der Waals surface area (Å²) in [6.07, 6.45) is 2.01. The molecule has 3 aromatic rings. The minimum Gasteiger partial charge on any atom is -0.343 e. The zero-order valence-electron chi connectivity index (χ0n) is 15.6. The van der Waals surface area contributed by atoms with Crippen LogP contribution < -0.4 is 0 Å². The second-order valence-corrected chi connectivity index (χ2v) is 7.56. The Morgan fingerprint density at radius 3 is 2.28 bits per heavy atom. The van der Waals surface area contributed by atoms with Gasteiger partial charge < -0.3 is 4.57 Å². The lowest BCUT2D eigenvalue weighted by molar-refractivity contribution is 0.383. The number of rotatable bonds is 2. The Balaban J connectivity index is 2.11. The summed E-state index contributed by atoms with van der Waals surface area (Å²) in [7, 11) is 0.